The molecule has 7 nitrogen and oxygen atoms in total. The maximum atomic E-state index is 12.5. The zero-order valence-corrected chi connectivity index (χ0v) is 16.3. The predicted molar refractivity (Wildman–Crippen MR) is 103 cm³/mol. The zero-order valence-electron chi connectivity index (χ0n) is 14.7. The number of rotatable bonds is 7. The summed E-state index contributed by atoms with van der Waals surface area (Å²) >= 11 is 5.26. The molecule has 0 radical (unpaired) electrons. The van der Waals surface area contributed by atoms with Gasteiger partial charge in [0, 0.05) is 18.7 Å². The third-order valence-electron chi connectivity index (χ3n) is 3.74. The highest BCUT2D eigenvalue weighted by molar-refractivity contribution is 7.90. The van der Waals surface area contributed by atoms with Crippen LogP contribution in [0.4, 0.5) is 5.69 Å². The average molecular weight is 386 g/mol. The van der Waals surface area contributed by atoms with Crippen molar-refractivity contribution in [3.63, 3.8) is 0 Å². The van der Waals surface area contributed by atoms with Gasteiger partial charge in [0.25, 0.3) is 5.84 Å². The van der Waals surface area contributed by atoms with Crippen molar-refractivity contribution < 1.29 is 18.3 Å². The van der Waals surface area contributed by atoms with Gasteiger partial charge in [0.05, 0.1) is 33.6 Å². The number of hydrogen-bond donors (Lipinski definition) is 5. The van der Waals surface area contributed by atoms with Crippen LogP contribution in [0.1, 0.15) is 19.3 Å². The lowest BCUT2D eigenvalue weighted by molar-refractivity contribution is -0.858. The summed E-state index contributed by atoms with van der Waals surface area (Å²) in [6, 6.07) is 6.63. The van der Waals surface area contributed by atoms with Crippen LogP contribution in [0.15, 0.2) is 29.2 Å². The Hall–Kier alpha value is -1.71. The summed E-state index contributed by atoms with van der Waals surface area (Å²) < 4.78 is 27.5. The first-order valence-electron chi connectivity index (χ1n) is 8.43. The van der Waals surface area contributed by atoms with Crippen molar-refractivity contribution in [2.75, 3.05) is 39.0 Å². The van der Waals surface area contributed by atoms with E-state index in [-0.39, 0.29) is 4.90 Å². The van der Waals surface area contributed by atoms with E-state index in [0.717, 1.165) is 38.9 Å². The molecular weight excluding hydrogens is 358 g/mol. The Bertz CT molecular complexity index is 732. The second kappa shape index (κ2) is 9.12. The van der Waals surface area contributed by atoms with Gasteiger partial charge in [-0.1, -0.05) is 6.07 Å². The molecular formula is C16H27N5O2S2+2. The molecule has 5 N–H and O–H groups in total. The van der Waals surface area contributed by atoms with Gasteiger partial charge in [0.15, 0.2) is 5.11 Å². The fourth-order valence-electron chi connectivity index (χ4n) is 2.46. The zero-order chi connectivity index (χ0) is 18.3. The molecule has 1 aromatic rings. The van der Waals surface area contributed by atoms with Crippen molar-refractivity contribution in [3.8, 4) is 0 Å². The summed E-state index contributed by atoms with van der Waals surface area (Å²) in [6.07, 6.45) is 2.67. The topological polar surface area (TPSA) is 88.6 Å². The third-order valence-corrected chi connectivity index (χ3v) is 5.38. The van der Waals surface area contributed by atoms with Crippen molar-refractivity contribution in [1.29, 1.82) is 0 Å². The molecule has 0 spiro atoms. The van der Waals surface area contributed by atoms with E-state index in [0.29, 0.717) is 16.6 Å². The number of hydrogen-bond acceptors (Lipinski definition) is 3. The lowest BCUT2D eigenvalue weighted by Gasteiger charge is -2.12. The van der Waals surface area contributed by atoms with Crippen LogP contribution in [0.5, 0.6) is 0 Å². The molecule has 1 aliphatic rings. The van der Waals surface area contributed by atoms with Crippen LogP contribution in [0.2, 0.25) is 0 Å². The second-order valence-electron chi connectivity index (χ2n) is 6.33. The van der Waals surface area contributed by atoms with E-state index in [2.05, 4.69) is 34.4 Å². The maximum absolute atomic E-state index is 12.5. The Morgan fingerprint density at radius 2 is 2.16 bits per heavy atom. The first kappa shape index (κ1) is 19.6. The summed E-state index contributed by atoms with van der Waals surface area (Å²) in [6.45, 7) is 2.64. The molecule has 0 aliphatic carbocycles. The van der Waals surface area contributed by atoms with Crippen molar-refractivity contribution in [3.05, 3.63) is 24.3 Å². The Labute approximate surface area is 154 Å². The molecule has 0 bridgehead atoms. The molecule has 9 heteroatoms. The van der Waals surface area contributed by atoms with Gasteiger partial charge in [0.1, 0.15) is 4.90 Å². The van der Waals surface area contributed by atoms with E-state index in [9.17, 15) is 8.42 Å². The first-order valence-corrected chi connectivity index (χ1v) is 10.3. The maximum Gasteiger partial charge on any atom is 0.328 e. The number of thiocarbonyl (C=S) groups is 1. The van der Waals surface area contributed by atoms with Gasteiger partial charge < -0.3 is 15.5 Å². The molecule has 1 aromatic carbocycles. The smallest absolute Gasteiger partial charge is 0.328 e. The van der Waals surface area contributed by atoms with E-state index in [1.165, 1.54) is 4.90 Å². The molecule has 138 valence electrons. The number of anilines is 1. The van der Waals surface area contributed by atoms with Crippen molar-refractivity contribution in [2.45, 2.75) is 24.2 Å². The van der Waals surface area contributed by atoms with E-state index in [1.54, 1.807) is 24.3 Å². The van der Waals surface area contributed by atoms with Gasteiger partial charge in [-0.05, 0) is 36.8 Å². The van der Waals surface area contributed by atoms with Crippen molar-refractivity contribution in [1.82, 2.24) is 10.0 Å². The minimum atomic E-state index is -3.59. The minimum Gasteiger partial charge on any atom is -0.362 e. The molecule has 0 fully saturated rings. The van der Waals surface area contributed by atoms with Gasteiger partial charge in [0.2, 0.25) is 0 Å². The number of sulfonamides is 1. The van der Waals surface area contributed by atoms with Gasteiger partial charge >= 0.3 is 10.0 Å². The van der Waals surface area contributed by atoms with Gasteiger partial charge in [-0.2, -0.15) is 13.1 Å². The molecule has 1 aliphatic heterocycles. The normalized spacial score (nSPS) is 14.3. The number of nitrogens with one attached hydrogen (secondary N) is 5. The lowest BCUT2D eigenvalue weighted by Crippen LogP contribution is -3.05. The van der Waals surface area contributed by atoms with Crippen LogP contribution >= 0.6 is 12.2 Å². The molecule has 0 atom stereocenters. The number of amidine groups is 1. The molecule has 1 heterocycles. The highest BCUT2D eigenvalue weighted by Gasteiger charge is 2.24. The monoisotopic (exact) mass is 385 g/mol. The number of quaternary nitrogens is 1. The molecule has 0 aromatic heterocycles. The van der Waals surface area contributed by atoms with E-state index in [1.807, 2.05) is 0 Å². The van der Waals surface area contributed by atoms with E-state index < -0.39 is 10.0 Å². The highest BCUT2D eigenvalue weighted by atomic mass is 32.2. The summed E-state index contributed by atoms with van der Waals surface area (Å²) in [5.41, 5.74) is 0.642. The molecule has 0 unspecified atom stereocenters. The Kier molecular flexibility index (Phi) is 7.15. The van der Waals surface area contributed by atoms with Crippen LogP contribution in [-0.4, -0.2) is 53.1 Å². The third kappa shape index (κ3) is 6.60. The highest BCUT2D eigenvalue weighted by Crippen LogP contribution is 2.15. The van der Waals surface area contributed by atoms with Crippen LogP contribution in [0.25, 0.3) is 0 Å². The Morgan fingerprint density at radius 1 is 1.36 bits per heavy atom. The molecule has 0 saturated carbocycles. The van der Waals surface area contributed by atoms with E-state index >= 15 is 0 Å². The summed E-state index contributed by atoms with van der Waals surface area (Å²) in [7, 11) is 0.626. The van der Waals surface area contributed by atoms with E-state index in [4.69, 9.17) is 12.2 Å². The largest absolute Gasteiger partial charge is 0.362 e. The van der Waals surface area contributed by atoms with Gasteiger partial charge in [-0.15, -0.1) is 0 Å². The lowest BCUT2D eigenvalue weighted by atomic mass is 10.3. The quantitative estimate of drug-likeness (QED) is 0.278. The Morgan fingerprint density at radius 3 is 2.84 bits per heavy atom. The predicted octanol–water partition coefficient (Wildman–Crippen LogP) is -1.94. The number of benzene rings is 1. The van der Waals surface area contributed by atoms with Crippen LogP contribution in [0.3, 0.4) is 0 Å². The van der Waals surface area contributed by atoms with Crippen molar-refractivity contribution in [2.24, 2.45) is 0 Å². The van der Waals surface area contributed by atoms with Crippen molar-refractivity contribution >= 4 is 38.9 Å². The standard InChI is InChI=1S/C16H25N5O2S2/c1-21(2)11-5-10-18-16(24)19-13-6-3-7-14(12-13)25(22,23)20-15-8-4-9-17-15/h3,6-7,12H,4-5,8-11H2,1-2H3,(H,17,20)(H2,18,19,24)/p+2. The summed E-state index contributed by atoms with van der Waals surface area (Å²) in [5, 5.41) is 6.66. The molecule has 0 saturated heterocycles. The summed E-state index contributed by atoms with van der Waals surface area (Å²) in [5.74, 6) is 0.651. The molecule has 2 rings (SSSR count). The van der Waals surface area contributed by atoms with Crippen LogP contribution < -0.4 is 25.2 Å². The van der Waals surface area contributed by atoms with Crippen LogP contribution in [-0.2, 0) is 10.0 Å². The van der Waals surface area contributed by atoms with Crippen LogP contribution in [0, 0.1) is 0 Å². The fourth-order valence-corrected chi connectivity index (χ4v) is 3.84. The van der Waals surface area contributed by atoms with Gasteiger partial charge in [-0.25, -0.2) is 0 Å². The SMILES string of the molecule is C[NH+](C)CCCNC(=S)Nc1cccc(S(=O)(=O)NC2=[NH+]CCC2)c1. The second-order valence-corrected chi connectivity index (χ2v) is 8.42. The Balaban J connectivity index is 1.92. The average Bonchev–Trinajstić information content (AvgIpc) is 3.04. The first-order chi connectivity index (χ1) is 11.9. The molecule has 0 amide bonds. The fraction of sp³-hybridized carbons (Fsp3) is 0.500. The minimum absolute atomic E-state index is 0.206. The van der Waals surface area contributed by atoms with Gasteiger partial charge in [-0.3, -0.25) is 4.99 Å². The molecule has 25 heavy (non-hydrogen) atoms. The summed E-state index contributed by atoms with van der Waals surface area (Å²) in [4.78, 5) is 4.64.